The molecule has 0 spiro atoms. The Labute approximate surface area is 191 Å². The molecule has 1 aliphatic heterocycles. The number of hydrogen-bond donors (Lipinski definition) is 2. The number of amides is 2. The molecular weight excluding hydrogens is 424 g/mol. The first-order valence-electron chi connectivity index (χ1n) is 10.7. The molecule has 1 aromatic heterocycles. The number of anilines is 1. The largest absolute Gasteiger partial charge is 0.506 e. The van der Waals surface area contributed by atoms with Gasteiger partial charge in [0.1, 0.15) is 16.4 Å². The molecule has 0 unspecified atom stereocenters. The first-order chi connectivity index (χ1) is 15.5. The van der Waals surface area contributed by atoms with Crippen LogP contribution in [0.25, 0.3) is 10.4 Å². The summed E-state index contributed by atoms with van der Waals surface area (Å²) in [4.78, 5) is 28.7. The van der Waals surface area contributed by atoms with Crippen LogP contribution < -0.4 is 10.1 Å². The van der Waals surface area contributed by atoms with E-state index in [0.29, 0.717) is 16.3 Å². The molecule has 0 saturated carbocycles. The summed E-state index contributed by atoms with van der Waals surface area (Å²) < 4.78 is 5.86. The van der Waals surface area contributed by atoms with Crippen LogP contribution in [0, 0.1) is 6.92 Å². The molecule has 2 N–H and O–H groups in total. The summed E-state index contributed by atoms with van der Waals surface area (Å²) in [5.41, 5.74) is 2.21. The topological polar surface area (TPSA) is 78.9 Å². The molecule has 166 valence electrons. The number of hydrogen-bond acceptors (Lipinski definition) is 5. The van der Waals surface area contributed by atoms with E-state index in [4.69, 9.17) is 4.74 Å². The number of ether oxygens (including phenoxy) is 1. The van der Waals surface area contributed by atoms with E-state index < -0.39 is 5.91 Å². The van der Waals surface area contributed by atoms with Crippen LogP contribution >= 0.6 is 11.3 Å². The Balaban J connectivity index is 1.57. The molecule has 32 heavy (non-hydrogen) atoms. The first-order valence-corrected chi connectivity index (χ1v) is 11.5. The molecular formula is C25H26N2O4S. The molecule has 3 aromatic rings. The minimum absolute atomic E-state index is 0.00784. The van der Waals surface area contributed by atoms with Gasteiger partial charge >= 0.3 is 0 Å². The van der Waals surface area contributed by atoms with E-state index in [9.17, 15) is 14.7 Å². The van der Waals surface area contributed by atoms with Gasteiger partial charge in [-0.05, 0) is 55.5 Å². The van der Waals surface area contributed by atoms with Crippen molar-refractivity contribution in [3.8, 4) is 21.9 Å². The van der Waals surface area contributed by atoms with Crippen LogP contribution in [0.2, 0.25) is 0 Å². The highest BCUT2D eigenvalue weighted by atomic mass is 32.1. The lowest BCUT2D eigenvalue weighted by atomic mass is 10.1. The Morgan fingerprint density at radius 2 is 1.81 bits per heavy atom. The zero-order valence-corrected chi connectivity index (χ0v) is 18.8. The van der Waals surface area contributed by atoms with Crippen LogP contribution in [-0.4, -0.2) is 41.5 Å². The van der Waals surface area contributed by atoms with Crippen LogP contribution in [-0.2, 0) is 4.79 Å². The Morgan fingerprint density at radius 3 is 2.56 bits per heavy atom. The highest BCUT2D eigenvalue weighted by Crippen LogP contribution is 2.37. The zero-order valence-electron chi connectivity index (χ0n) is 18.0. The van der Waals surface area contributed by atoms with Crippen LogP contribution in [0.15, 0.2) is 54.6 Å². The lowest BCUT2D eigenvalue weighted by Crippen LogP contribution is -2.38. The normalized spacial score (nSPS) is 13.6. The summed E-state index contributed by atoms with van der Waals surface area (Å²) in [7, 11) is 0. The molecule has 2 aromatic carbocycles. The molecule has 0 aliphatic carbocycles. The predicted octanol–water partition coefficient (Wildman–Crippen LogP) is 5.07. The molecule has 2 amide bonds. The summed E-state index contributed by atoms with van der Waals surface area (Å²) in [5, 5.41) is 12.9. The third-order valence-electron chi connectivity index (χ3n) is 5.42. The monoisotopic (exact) mass is 450 g/mol. The van der Waals surface area contributed by atoms with Gasteiger partial charge in [0.2, 0.25) is 0 Å². The molecule has 7 heteroatoms. The molecule has 6 nitrogen and oxygen atoms in total. The van der Waals surface area contributed by atoms with Gasteiger partial charge in [-0.1, -0.05) is 36.4 Å². The van der Waals surface area contributed by atoms with E-state index in [1.54, 1.807) is 24.3 Å². The fourth-order valence-corrected chi connectivity index (χ4v) is 4.69. The van der Waals surface area contributed by atoms with E-state index in [1.807, 2.05) is 42.2 Å². The standard InChI is InChI=1S/C25H26N2O4S/c1-17-10-11-20(28)19(14-17)26-25(30)24-21(15-22(32-24)18-8-4-2-5-9-18)31-16-23(29)27-12-6-3-7-13-27/h2,4-5,8-11,14-15,28H,3,6-7,12-13,16H2,1H3,(H,26,30). The number of aryl methyl sites for hydroxylation is 1. The Hall–Kier alpha value is -3.32. The Bertz CT molecular complexity index is 1100. The lowest BCUT2D eigenvalue weighted by molar-refractivity contribution is -0.134. The van der Waals surface area contributed by atoms with Crippen LogP contribution in [0.1, 0.15) is 34.5 Å². The van der Waals surface area contributed by atoms with Crippen molar-refractivity contribution in [2.45, 2.75) is 26.2 Å². The number of aromatic hydroxyl groups is 1. The Kier molecular flexibility index (Phi) is 6.75. The molecule has 1 aliphatic rings. The van der Waals surface area contributed by atoms with Crippen LogP contribution in [0.3, 0.4) is 0 Å². The van der Waals surface area contributed by atoms with Crippen molar-refractivity contribution in [1.29, 1.82) is 0 Å². The van der Waals surface area contributed by atoms with E-state index in [2.05, 4.69) is 5.32 Å². The van der Waals surface area contributed by atoms with E-state index >= 15 is 0 Å². The molecule has 0 atom stereocenters. The maximum Gasteiger partial charge on any atom is 0.269 e. The van der Waals surface area contributed by atoms with E-state index in [0.717, 1.165) is 48.4 Å². The number of piperidine rings is 1. The summed E-state index contributed by atoms with van der Waals surface area (Å²) in [6.45, 7) is 3.28. The molecule has 1 saturated heterocycles. The summed E-state index contributed by atoms with van der Waals surface area (Å²) >= 11 is 1.29. The number of carbonyl (C=O) groups is 2. The van der Waals surface area contributed by atoms with Gasteiger partial charge in [-0.3, -0.25) is 9.59 Å². The maximum absolute atomic E-state index is 13.1. The predicted molar refractivity (Wildman–Crippen MR) is 126 cm³/mol. The number of nitrogens with zero attached hydrogens (tertiary/aromatic N) is 1. The molecule has 2 heterocycles. The highest BCUT2D eigenvalue weighted by Gasteiger charge is 2.22. The summed E-state index contributed by atoms with van der Waals surface area (Å²) in [6.07, 6.45) is 3.16. The summed E-state index contributed by atoms with van der Waals surface area (Å²) in [6, 6.07) is 16.5. The smallest absolute Gasteiger partial charge is 0.269 e. The number of likely N-dealkylation sites (tertiary alicyclic amines) is 1. The fraction of sp³-hybridized carbons (Fsp3) is 0.280. The van der Waals surface area contributed by atoms with Crippen LogP contribution in [0.4, 0.5) is 5.69 Å². The molecule has 4 rings (SSSR count). The number of phenolic OH excluding ortho intramolecular Hbond substituents is 1. The van der Waals surface area contributed by atoms with Crippen molar-refractivity contribution in [1.82, 2.24) is 4.90 Å². The van der Waals surface area contributed by atoms with Gasteiger partial charge in [-0.15, -0.1) is 11.3 Å². The SMILES string of the molecule is Cc1ccc(O)c(NC(=O)c2sc(-c3ccccc3)cc2OCC(=O)N2CCCCC2)c1. The Morgan fingerprint density at radius 1 is 1.06 bits per heavy atom. The number of rotatable bonds is 6. The van der Waals surface area contributed by atoms with Gasteiger partial charge in [0.25, 0.3) is 11.8 Å². The second kappa shape index (κ2) is 9.87. The van der Waals surface area contributed by atoms with Gasteiger partial charge in [0.15, 0.2) is 6.61 Å². The van der Waals surface area contributed by atoms with Crippen molar-refractivity contribution in [3.05, 3.63) is 65.0 Å². The van der Waals surface area contributed by atoms with Crippen molar-refractivity contribution in [3.63, 3.8) is 0 Å². The average molecular weight is 451 g/mol. The minimum Gasteiger partial charge on any atom is -0.506 e. The van der Waals surface area contributed by atoms with Gasteiger partial charge in [-0.25, -0.2) is 0 Å². The van der Waals surface area contributed by atoms with Gasteiger partial charge in [0.05, 0.1) is 5.69 Å². The molecule has 1 fully saturated rings. The lowest BCUT2D eigenvalue weighted by Gasteiger charge is -2.26. The van der Waals surface area contributed by atoms with Crippen molar-refractivity contribution in [2.24, 2.45) is 0 Å². The number of benzene rings is 2. The van der Waals surface area contributed by atoms with Crippen molar-refractivity contribution < 1.29 is 19.4 Å². The number of phenols is 1. The maximum atomic E-state index is 13.1. The van der Waals surface area contributed by atoms with Gasteiger partial charge < -0.3 is 20.1 Å². The van der Waals surface area contributed by atoms with Crippen molar-refractivity contribution >= 4 is 28.8 Å². The molecule has 0 bridgehead atoms. The fourth-order valence-electron chi connectivity index (χ4n) is 3.69. The van der Waals surface area contributed by atoms with Crippen molar-refractivity contribution in [2.75, 3.05) is 25.0 Å². The van der Waals surface area contributed by atoms with Crippen LogP contribution in [0.5, 0.6) is 11.5 Å². The third-order valence-corrected chi connectivity index (χ3v) is 6.59. The number of nitrogens with one attached hydrogen (secondary N) is 1. The second-order valence-corrected chi connectivity index (χ2v) is 8.93. The van der Waals surface area contributed by atoms with Gasteiger partial charge in [0, 0.05) is 18.0 Å². The average Bonchev–Trinajstić information content (AvgIpc) is 3.25. The van der Waals surface area contributed by atoms with E-state index in [1.165, 1.54) is 11.3 Å². The third kappa shape index (κ3) is 5.11. The first kappa shape index (κ1) is 21.9. The number of carbonyl (C=O) groups excluding carboxylic acids is 2. The van der Waals surface area contributed by atoms with E-state index in [-0.39, 0.29) is 18.3 Å². The molecule has 0 radical (unpaired) electrons. The number of thiophene rings is 1. The second-order valence-electron chi connectivity index (χ2n) is 7.87. The summed E-state index contributed by atoms with van der Waals surface area (Å²) in [5.74, 6) is -0.103. The minimum atomic E-state index is -0.390. The quantitative estimate of drug-likeness (QED) is 0.514. The zero-order chi connectivity index (χ0) is 22.5. The highest BCUT2D eigenvalue weighted by molar-refractivity contribution is 7.17. The van der Waals surface area contributed by atoms with Gasteiger partial charge in [-0.2, -0.15) is 0 Å².